The maximum Gasteiger partial charge on any atom is 0.157 e. The molecule has 4 rings (SSSR count). The lowest BCUT2D eigenvalue weighted by molar-refractivity contribution is 0.841. The third-order valence-corrected chi connectivity index (χ3v) is 4.42. The number of halogens is 1. The van der Waals surface area contributed by atoms with Crippen molar-refractivity contribution in [3.8, 4) is 11.3 Å². The lowest BCUT2D eigenvalue weighted by Crippen LogP contribution is -2.13. The van der Waals surface area contributed by atoms with Crippen molar-refractivity contribution in [1.82, 2.24) is 24.6 Å². The highest BCUT2D eigenvalue weighted by Gasteiger charge is 2.18. The second kappa shape index (κ2) is 6.61. The summed E-state index contributed by atoms with van der Waals surface area (Å²) in [6, 6.07) is 11.9. The summed E-state index contributed by atoms with van der Waals surface area (Å²) in [5.41, 5.74) is 9.91. The van der Waals surface area contributed by atoms with E-state index in [2.05, 4.69) is 20.3 Å². The van der Waals surface area contributed by atoms with Crippen LogP contribution in [0.2, 0.25) is 5.15 Å². The van der Waals surface area contributed by atoms with Gasteiger partial charge in [-0.15, -0.1) is 0 Å². The molecule has 0 radical (unpaired) electrons. The van der Waals surface area contributed by atoms with Crippen molar-refractivity contribution in [3.05, 3.63) is 65.8 Å². The van der Waals surface area contributed by atoms with Crippen molar-refractivity contribution in [2.75, 3.05) is 11.1 Å². The second-order valence-corrected chi connectivity index (χ2v) is 6.20. The van der Waals surface area contributed by atoms with Gasteiger partial charge < -0.3 is 11.1 Å². The highest BCUT2D eigenvalue weighted by Crippen LogP contribution is 2.31. The molecule has 1 aromatic carbocycles. The van der Waals surface area contributed by atoms with E-state index in [0.29, 0.717) is 11.5 Å². The van der Waals surface area contributed by atoms with E-state index in [4.69, 9.17) is 22.4 Å². The Kier molecular flexibility index (Phi) is 4.14. The molecule has 0 aliphatic heterocycles. The number of rotatable bonds is 4. The summed E-state index contributed by atoms with van der Waals surface area (Å²) in [6.07, 6.45) is 4.93. The highest BCUT2D eigenvalue weighted by molar-refractivity contribution is 6.32. The zero-order valence-electron chi connectivity index (χ0n) is 14.0. The molecular formula is C18H16ClN7. The van der Waals surface area contributed by atoms with Gasteiger partial charge in [0.05, 0.1) is 11.7 Å². The zero-order valence-corrected chi connectivity index (χ0v) is 14.7. The molecule has 0 aliphatic carbocycles. The summed E-state index contributed by atoms with van der Waals surface area (Å²) in [4.78, 5) is 12.4. The summed E-state index contributed by atoms with van der Waals surface area (Å²) in [6.45, 7) is 2.01. The number of nitrogen functional groups attached to an aromatic ring is 1. The van der Waals surface area contributed by atoms with Crippen LogP contribution in [0.5, 0.6) is 0 Å². The number of aromatic nitrogens is 5. The Balaban J connectivity index is 1.80. The van der Waals surface area contributed by atoms with Gasteiger partial charge in [-0.1, -0.05) is 41.9 Å². The Morgan fingerprint density at radius 3 is 2.77 bits per heavy atom. The van der Waals surface area contributed by atoms with Crippen molar-refractivity contribution in [2.45, 2.75) is 13.0 Å². The molecule has 3 N–H and O–H groups in total. The summed E-state index contributed by atoms with van der Waals surface area (Å²) >= 11 is 5.99. The molecule has 0 saturated carbocycles. The number of nitrogens with one attached hydrogen (secondary N) is 1. The van der Waals surface area contributed by atoms with Gasteiger partial charge >= 0.3 is 0 Å². The molecule has 8 heteroatoms. The largest absolute Gasteiger partial charge is 0.393 e. The van der Waals surface area contributed by atoms with Crippen LogP contribution in [0.15, 0.2) is 55.1 Å². The van der Waals surface area contributed by atoms with Crippen LogP contribution < -0.4 is 11.1 Å². The predicted octanol–water partition coefficient (Wildman–Crippen LogP) is 3.60. The molecule has 0 unspecified atom stereocenters. The van der Waals surface area contributed by atoms with Gasteiger partial charge in [0, 0.05) is 23.5 Å². The fourth-order valence-electron chi connectivity index (χ4n) is 2.79. The summed E-state index contributed by atoms with van der Waals surface area (Å²) in [5, 5.41) is 8.25. The van der Waals surface area contributed by atoms with Gasteiger partial charge in [0.15, 0.2) is 16.6 Å². The smallest absolute Gasteiger partial charge is 0.157 e. The van der Waals surface area contributed by atoms with Gasteiger partial charge in [0.25, 0.3) is 0 Å². The maximum absolute atomic E-state index is 5.99. The van der Waals surface area contributed by atoms with Crippen LogP contribution in [0.4, 0.5) is 11.5 Å². The normalized spacial score (nSPS) is 12.2. The third-order valence-electron chi connectivity index (χ3n) is 4.12. The lowest BCUT2D eigenvalue weighted by atomic mass is 10.0. The van der Waals surface area contributed by atoms with Gasteiger partial charge in [0.1, 0.15) is 12.0 Å². The van der Waals surface area contributed by atoms with Gasteiger partial charge in [-0.2, -0.15) is 5.10 Å². The van der Waals surface area contributed by atoms with Crippen molar-refractivity contribution >= 4 is 28.8 Å². The standard InChI is InChI=1S/C18H16ClN7/c1-11(24-18-15(20)17(19)22-10-23-18)13-9-14-21-7-8-26(14)25-16(13)12-5-3-2-4-6-12/h2-11H,20H2,1H3,(H,22,23,24)/t11-/m0/s1. The zero-order chi connectivity index (χ0) is 18.1. The van der Waals surface area contributed by atoms with Crippen molar-refractivity contribution in [2.24, 2.45) is 0 Å². The first kappa shape index (κ1) is 16.3. The van der Waals surface area contributed by atoms with E-state index in [1.54, 1.807) is 10.7 Å². The monoisotopic (exact) mass is 365 g/mol. The topological polar surface area (TPSA) is 94.0 Å². The molecule has 3 heterocycles. The number of fused-ring (bicyclic) bond motifs is 1. The Bertz CT molecular complexity index is 1060. The van der Waals surface area contributed by atoms with E-state index >= 15 is 0 Å². The number of nitrogens with two attached hydrogens (primary N) is 1. The van der Waals surface area contributed by atoms with E-state index in [0.717, 1.165) is 22.5 Å². The average Bonchev–Trinajstić information content (AvgIpc) is 3.12. The Labute approximate surface area is 154 Å². The van der Waals surface area contributed by atoms with E-state index in [9.17, 15) is 0 Å². The minimum absolute atomic E-state index is 0.132. The van der Waals surface area contributed by atoms with Crippen molar-refractivity contribution in [3.63, 3.8) is 0 Å². The molecule has 4 aromatic rings. The van der Waals surface area contributed by atoms with E-state index in [1.165, 1.54) is 6.33 Å². The van der Waals surface area contributed by atoms with Crippen LogP contribution in [0.25, 0.3) is 16.9 Å². The quantitative estimate of drug-likeness (QED) is 0.537. The van der Waals surface area contributed by atoms with E-state index in [1.807, 2.05) is 49.5 Å². The van der Waals surface area contributed by atoms with Gasteiger partial charge in [-0.25, -0.2) is 19.5 Å². The Morgan fingerprint density at radius 1 is 1.15 bits per heavy atom. The molecule has 0 saturated heterocycles. The predicted molar refractivity (Wildman–Crippen MR) is 102 cm³/mol. The molecule has 130 valence electrons. The van der Waals surface area contributed by atoms with Crippen LogP contribution in [0, 0.1) is 0 Å². The van der Waals surface area contributed by atoms with E-state index < -0.39 is 0 Å². The molecule has 1 atom stereocenters. The number of nitrogens with zero attached hydrogens (tertiary/aromatic N) is 5. The fraction of sp³-hybridized carbons (Fsp3) is 0.111. The number of anilines is 2. The Morgan fingerprint density at radius 2 is 1.96 bits per heavy atom. The summed E-state index contributed by atoms with van der Waals surface area (Å²) in [7, 11) is 0. The number of benzene rings is 1. The molecule has 0 bridgehead atoms. The first-order valence-electron chi connectivity index (χ1n) is 8.05. The third kappa shape index (κ3) is 2.93. The SMILES string of the molecule is C[C@H](Nc1ncnc(Cl)c1N)c1cc2nccn2nc1-c1ccccc1. The number of hydrogen-bond acceptors (Lipinski definition) is 6. The molecule has 3 aromatic heterocycles. The Hall–Kier alpha value is -3.19. The first-order valence-corrected chi connectivity index (χ1v) is 8.43. The molecule has 7 nitrogen and oxygen atoms in total. The van der Waals surface area contributed by atoms with Crippen LogP contribution >= 0.6 is 11.6 Å². The fourth-order valence-corrected chi connectivity index (χ4v) is 2.92. The van der Waals surface area contributed by atoms with Crippen LogP contribution in [-0.2, 0) is 0 Å². The number of hydrogen-bond donors (Lipinski definition) is 2. The average molecular weight is 366 g/mol. The molecule has 0 spiro atoms. The molecule has 0 amide bonds. The molecule has 0 fully saturated rings. The van der Waals surface area contributed by atoms with E-state index in [-0.39, 0.29) is 11.2 Å². The first-order chi connectivity index (χ1) is 12.6. The molecule has 26 heavy (non-hydrogen) atoms. The van der Waals surface area contributed by atoms with Crippen LogP contribution in [0.1, 0.15) is 18.5 Å². The maximum atomic E-state index is 5.99. The number of imidazole rings is 1. The van der Waals surface area contributed by atoms with Gasteiger partial charge in [-0.05, 0) is 13.0 Å². The second-order valence-electron chi connectivity index (χ2n) is 5.84. The minimum atomic E-state index is -0.132. The van der Waals surface area contributed by atoms with Crippen LogP contribution in [-0.4, -0.2) is 24.6 Å². The molecular weight excluding hydrogens is 350 g/mol. The van der Waals surface area contributed by atoms with Gasteiger partial charge in [0.2, 0.25) is 0 Å². The highest BCUT2D eigenvalue weighted by atomic mass is 35.5. The molecule has 0 aliphatic rings. The summed E-state index contributed by atoms with van der Waals surface area (Å²) < 4.78 is 1.76. The minimum Gasteiger partial charge on any atom is -0.393 e. The lowest BCUT2D eigenvalue weighted by Gasteiger charge is -2.19. The van der Waals surface area contributed by atoms with Crippen molar-refractivity contribution in [1.29, 1.82) is 0 Å². The summed E-state index contributed by atoms with van der Waals surface area (Å²) in [5.74, 6) is 0.486. The van der Waals surface area contributed by atoms with Crippen molar-refractivity contribution < 1.29 is 0 Å². The van der Waals surface area contributed by atoms with Gasteiger partial charge in [-0.3, -0.25) is 0 Å². The van der Waals surface area contributed by atoms with Crippen LogP contribution in [0.3, 0.4) is 0 Å².